The number of thiophene rings is 1. The molecule has 1 amide bonds. The van der Waals surface area contributed by atoms with Gasteiger partial charge in [-0.15, -0.1) is 11.3 Å². The first-order valence-electron chi connectivity index (χ1n) is 6.43. The largest absolute Gasteiger partial charge is 0.348 e. The van der Waals surface area contributed by atoms with Crippen molar-refractivity contribution in [2.45, 2.75) is 33.7 Å². The number of rotatable bonds is 6. The molecule has 0 aliphatic rings. The van der Waals surface area contributed by atoms with Crippen LogP contribution in [0.2, 0.25) is 0 Å². The molecule has 1 rings (SSSR count). The number of sulfonamides is 1. The molecule has 7 heteroatoms. The summed E-state index contributed by atoms with van der Waals surface area (Å²) in [6.45, 7) is 8.04. The van der Waals surface area contributed by atoms with E-state index in [1.54, 1.807) is 11.3 Å². The molecule has 0 saturated heterocycles. The molecule has 0 saturated carbocycles. The summed E-state index contributed by atoms with van der Waals surface area (Å²) < 4.78 is 24.9. The van der Waals surface area contributed by atoms with E-state index in [1.165, 1.54) is 11.9 Å². The predicted molar refractivity (Wildman–Crippen MR) is 82.4 cm³/mol. The molecular weight excluding hydrogens is 296 g/mol. The summed E-state index contributed by atoms with van der Waals surface area (Å²) in [5.74, 6) is -0.847. The third kappa shape index (κ3) is 4.57. The van der Waals surface area contributed by atoms with Crippen molar-refractivity contribution >= 4 is 27.3 Å². The Morgan fingerprint density at radius 2 is 1.95 bits per heavy atom. The quantitative estimate of drug-likeness (QED) is 0.839. The molecule has 5 nitrogen and oxygen atoms in total. The normalized spacial score (nSPS) is 13.5. The van der Waals surface area contributed by atoms with Crippen LogP contribution in [0.1, 0.15) is 35.2 Å². The van der Waals surface area contributed by atoms with Gasteiger partial charge in [-0.05, 0) is 38.4 Å². The average Bonchev–Trinajstić information content (AvgIpc) is 2.64. The summed E-state index contributed by atoms with van der Waals surface area (Å²) in [7, 11) is -2.24. The number of hydrogen-bond acceptors (Lipinski definition) is 4. The van der Waals surface area contributed by atoms with Gasteiger partial charge in [0, 0.05) is 9.75 Å². The van der Waals surface area contributed by atoms with Crippen LogP contribution in [-0.2, 0) is 14.8 Å². The zero-order valence-electron chi connectivity index (χ0n) is 12.5. The van der Waals surface area contributed by atoms with E-state index in [0.29, 0.717) is 0 Å². The van der Waals surface area contributed by atoms with E-state index < -0.39 is 21.7 Å². The Balaban J connectivity index is 2.89. The molecule has 0 aliphatic carbocycles. The van der Waals surface area contributed by atoms with Crippen LogP contribution in [0, 0.1) is 19.8 Å². The van der Waals surface area contributed by atoms with Gasteiger partial charge in [-0.1, -0.05) is 13.8 Å². The van der Waals surface area contributed by atoms with Gasteiger partial charge in [0.2, 0.25) is 15.9 Å². The lowest BCUT2D eigenvalue weighted by molar-refractivity contribution is -0.119. The van der Waals surface area contributed by atoms with E-state index in [-0.39, 0.29) is 12.0 Å². The first kappa shape index (κ1) is 17.1. The van der Waals surface area contributed by atoms with Crippen LogP contribution in [0.5, 0.6) is 0 Å². The minimum Gasteiger partial charge on any atom is -0.348 e. The van der Waals surface area contributed by atoms with E-state index in [1.807, 2.05) is 27.7 Å². The Morgan fingerprint density at radius 1 is 1.35 bits per heavy atom. The SMILES string of the molecule is CNS(=O)(=O)CC(=O)N[C@H](c1cc(C)sc1C)C(C)C. The van der Waals surface area contributed by atoms with Crippen molar-refractivity contribution < 1.29 is 13.2 Å². The minimum atomic E-state index is -3.54. The third-order valence-corrected chi connectivity index (χ3v) is 5.28. The molecule has 20 heavy (non-hydrogen) atoms. The first-order chi connectivity index (χ1) is 9.16. The molecule has 114 valence electrons. The molecule has 2 N–H and O–H groups in total. The number of aryl methyl sites for hydroxylation is 2. The molecule has 0 radical (unpaired) electrons. The maximum atomic E-state index is 11.9. The van der Waals surface area contributed by atoms with Gasteiger partial charge in [-0.3, -0.25) is 4.79 Å². The highest BCUT2D eigenvalue weighted by Crippen LogP contribution is 2.30. The van der Waals surface area contributed by atoms with E-state index in [0.717, 1.165) is 10.4 Å². The Kier molecular flexibility index (Phi) is 5.73. The van der Waals surface area contributed by atoms with Crippen molar-refractivity contribution in [3.05, 3.63) is 21.4 Å². The zero-order valence-corrected chi connectivity index (χ0v) is 14.1. The van der Waals surface area contributed by atoms with Gasteiger partial charge in [0.15, 0.2) is 0 Å². The van der Waals surface area contributed by atoms with E-state index in [4.69, 9.17) is 0 Å². The smallest absolute Gasteiger partial charge is 0.237 e. The lowest BCUT2D eigenvalue weighted by atomic mass is 9.96. The summed E-state index contributed by atoms with van der Waals surface area (Å²) in [6.07, 6.45) is 0. The highest BCUT2D eigenvalue weighted by atomic mass is 32.2. The van der Waals surface area contributed by atoms with Crippen LogP contribution < -0.4 is 10.0 Å². The summed E-state index contributed by atoms with van der Waals surface area (Å²) in [5, 5.41) is 2.83. The maximum absolute atomic E-state index is 11.9. The van der Waals surface area contributed by atoms with Crippen LogP contribution in [0.15, 0.2) is 6.07 Å². The van der Waals surface area contributed by atoms with Crippen molar-refractivity contribution in [1.29, 1.82) is 0 Å². The zero-order chi connectivity index (χ0) is 15.5. The van der Waals surface area contributed by atoms with E-state index in [2.05, 4.69) is 16.1 Å². The summed E-state index contributed by atoms with van der Waals surface area (Å²) >= 11 is 1.68. The fraction of sp³-hybridized carbons (Fsp3) is 0.615. The Bertz CT molecular complexity index is 576. The van der Waals surface area contributed by atoms with Crippen LogP contribution in [0.4, 0.5) is 0 Å². The topological polar surface area (TPSA) is 75.3 Å². The standard InChI is InChI=1S/C13H22N2O3S2/c1-8(2)13(11-6-9(3)19-10(11)4)15-12(16)7-20(17,18)14-5/h6,8,13-14H,7H2,1-5H3,(H,15,16)/t13-/m0/s1. The van der Waals surface area contributed by atoms with Crippen molar-refractivity contribution in [1.82, 2.24) is 10.0 Å². The molecule has 0 unspecified atom stereocenters. The Labute approximate surface area is 124 Å². The maximum Gasteiger partial charge on any atom is 0.237 e. The average molecular weight is 318 g/mol. The lowest BCUT2D eigenvalue weighted by Gasteiger charge is -2.22. The van der Waals surface area contributed by atoms with Gasteiger partial charge >= 0.3 is 0 Å². The number of hydrogen-bond donors (Lipinski definition) is 2. The molecule has 1 atom stereocenters. The molecule has 0 fully saturated rings. The first-order valence-corrected chi connectivity index (χ1v) is 8.90. The van der Waals surface area contributed by atoms with Crippen molar-refractivity contribution in [3.8, 4) is 0 Å². The molecule has 0 spiro atoms. The van der Waals surface area contributed by atoms with Crippen molar-refractivity contribution in [3.63, 3.8) is 0 Å². The molecular formula is C13H22N2O3S2. The second kappa shape index (κ2) is 6.69. The Hall–Kier alpha value is -0.920. The van der Waals surface area contributed by atoms with Crippen LogP contribution >= 0.6 is 11.3 Å². The van der Waals surface area contributed by atoms with E-state index >= 15 is 0 Å². The second-order valence-electron chi connectivity index (χ2n) is 5.12. The fourth-order valence-electron chi connectivity index (χ4n) is 2.02. The summed E-state index contributed by atoms with van der Waals surface area (Å²) in [4.78, 5) is 14.2. The summed E-state index contributed by atoms with van der Waals surface area (Å²) in [5.41, 5.74) is 1.07. The van der Waals surface area contributed by atoms with Gasteiger partial charge in [0.25, 0.3) is 0 Å². The highest BCUT2D eigenvalue weighted by molar-refractivity contribution is 7.90. The summed E-state index contributed by atoms with van der Waals surface area (Å²) in [6, 6.07) is 1.89. The van der Waals surface area contributed by atoms with Crippen LogP contribution in [0.3, 0.4) is 0 Å². The minimum absolute atomic E-state index is 0.167. The number of nitrogens with one attached hydrogen (secondary N) is 2. The molecule has 0 bridgehead atoms. The van der Waals surface area contributed by atoms with Gasteiger partial charge in [-0.2, -0.15) is 0 Å². The molecule has 1 aromatic heterocycles. The Morgan fingerprint density at radius 3 is 2.35 bits per heavy atom. The number of amides is 1. The monoisotopic (exact) mass is 318 g/mol. The third-order valence-electron chi connectivity index (χ3n) is 3.03. The molecule has 1 heterocycles. The molecule has 0 aromatic carbocycles. The fourth-order valence-corrected chi connectivity index (χ4v) is 3.57. The van der Waals surface area contributed by atoms with Gasteiger partial charge in [0.1, 0.15) is 5.75 Å². The molecule has 1 aromatic rings. The number of carbonyl (C=O) groups is 1. The van der Waals surface area contributed by atoms with Gasteiger partial charge in [-0.25, -0.2) is 13.1 Å². The second-order valence-corrected chi connectivity index (χ2v) is 8.51. The highest BCUT2D eigenvalue weighted by Gasteiger charge is 2.23. The van der Waals surface area contributed by atoms with Crippen molar-refractivity contribution in [2.24, 2.45) is 5.92 Å². The van der Waals surface area contributed by atoms with Crippen LogP contribution in [0.25, 0.3) is 0 Å². The van der Waals surface area contributed by atoms with Crippen LogP contribution in [-0.4, -0.2) is 27.1 Å². The van der Waals surface area contributed by atoms with Gasteiger partial charge in [0.05, 0.1) is 6.04 Å². The number of carbonyl (C=O) groups excluding carboxylic acids is 1. The lowest BCUT2D eigenvalue weighted by Crippen LogP contribution is -2.38. The molecule has 0 aliphatic heterocycles. The van der Waals surface area contributed by atoms with E-state index in [9.17, 15) is 13.2 Å². The van der Waals surface area contributed by atoms with Crippen molar-refractivity contribution in [2.75, 3.05) is 12.8 Å². The predicted octanol–water partition coefficient (Wildman–Crippen LogP) is 1.73. The van der Waals surface area contributed by atoms with Gasteiger partial charge < -0.3 is 5.32 Å².